The van der Waals surface area contributed by atoms with Gasteiger partial charge < -0.3 is 24.3 Å². The summed E-state index contributed by atoms with van der Waals surface area (Å²) in [7, 11) is -16.4. The molecular formula is C12H23N2O12P3S. The molecule has 0 aromatic carbocycles. The van der Waals surface area contributed by atoms with Gasteiger partial charge in [0.05, 0.1) is 12.7 Å². The van der Waals surface area contributed by atoms with Crippen LogP contribution in [-0.2, 0) is 31.6 Å². The molecule has 0 saturated carbocycles. The van der Waals surface area contributed by atoms with Crippen LogP contribution >= 0.6 is 35.7 Å². The average Bonchev–Trinajstić information content (AvgIpc) is 2.51. The van der Waals surface area contributed by atoms with E-state index in [2.05, 4.69) is 18.1 Å². The van der Waals surface area contributed by atoms with E-state index >= 15 is 0 Å². The molecular weight excluding hydrogens is 489 g/mol. The second-order valence-corrected chi connectivity index (χ2v) is 11.3. The standard InChI is InChI=1S/C12H23N2O12P3S/c1-7(2)11(14-5-8(3)10(30)13-12(14)15)24-9(4)6-23-28(19,20)26-29(21,22)25-27(16,17)18/h5,7,9,11H,6H2,1-4H3,(H,19,20)(H,21,22)(H,13,15,30)(H2,16,17,18)/t9-,11+/m1/s1. The molecule has 0 spiro atoms. The van der Waals surface area contributed by atoms with Gasteiger partial charge in [-0.3, -0.25) is 14.1 Å². The summed E-state index contributed by atoms with van der Waals surface area (Å²) in [4.78, 5) is 50.3. The summed E-state index contributed by atoms with van der Waals surface area (Å²) < 4.78 is 52.6. The third-order valence-corrected chi connectivity index (χ3v) is 7.48. The lowest BCUT2D eigenvalue weighted by molar-refractivity contribution is -0.0896. The Morgan fingerprint density at radius 3 is 2.17 bits per heavy atom. The summed E-state index contributed by atoms with van der Waals surface area (Å²) in [6, 6.07) is 0. The molecule has 0 fully saturated rings. The Labute approximate surface area is 176 Å². The first-order valence-electron chi connectivity index (χ1n) is 8.18. The second-order valence-electron chi connectivity index (χ2n) is 6.45. The maximum atomic E-state index is 12.2. The average molecular weight is 512 g/mol. The van der Waals surface area contributed by atoms with Crippen molar-refractivity contribution < 1.29 is 51.2 Å². The van der Waals surface area contributed by atoms with Crippen LogP contribution in [0.25, 0.3) is 0 Å². The first kappa shape index (κ1) is 27.5. The lowest BCUT2D eigenvalue weighted by Gasteiger charge is -2.27. The van der Waals surface area contributed by atoms with Crippen LogP contribution in [-0.4, -0.2) is 41.8 Å². The van der Waals surface area contributed by atoms with E-state index in [1.807, 2.05) is 0 Å². The number of phosphoric acid groups is 3. The van der Waals surface area contributed by atoms with Crippen molar-refractivity contribution in [3.8, 4) is 0 Å². The van der Waals surface area contributed by atoms with Gasteiger partial charge in [0, 0.05) is 11.8 Å². The number of aromatic nitrogens is 2. The molecule has 0 bridgehead atoms. The molecule has 4 atom stereocenters. The topological polar surface area (TPSA) is 207 Å². The van der Waals surface area contributed by atoms with E-state index in [0.717, 1.165) is 0 Å². The highest BCUT2D eigenvalue weighted by molar-refractivity contribution is 7.71. The Bertz CT molecular complexity index is 1000. The number of phosphoric ester groups is 1. The lowest BCUT2D eigenvalue weighted by atomic mass is 10.2. The van der Waals surface area contributed by atoms with E-state index in [9.17, 15) is 23.4 Å². The Morgan fingerprint density at radius 2 is 1.67 bits per heavy atom. The van der Waals surface area contributed by atoms with Crippen LogP contribution < -0.4 is 5.69 Å². The van der Waals surface area contributed by atoms with Crippen LogP contribution in [0.4, 0.5) is 0 Å². The van der Waals surface area contributed by atoms with Gasteiger partial charge in [0.25, 0.3) is 0 Å². The van der Waals surface area contributed by atoms with E-state index in [-0.39, 0.29) is 10.6 Å². The molecule has 174 valence electrons. The predicted octanol–water partition coefficient (Wildman–Crippen LogP) is 2.12. The zero-order valence-electron chi connectivity index (χ0n) is 16.3. The number of aromatic amines is 1. The molecule has 1 heterocycles. The molecule has 1 aromatic heterocycles. The number of ether oxygens (including phenoxy) is 1. The van der Waals surface area contributed by atoms with Crippen LogP contribution in [0, 0.1) is 17.5 Å². The molecule has 0 aliphatic heterocycles. The monoisotopic (exact) mass is 512 g/mol. The molecule has 2 unspecified atom stereocenters. The number of nitrogens with one attached hydrogen (secondary N) is 1. The van der Waals surface area contributed by atoms with Crippen molar-refractivity contribution in [2.75, 3.05) is 6.61 Å². The highest BCUT2D eigenvalue weighted by Gasteiger charge is 2.41. The summed E-state index contributed by atoms with van der Waals surface area (Å²) in [5, 5.41) is 0. The van der Waals surface area contributed by atoms with E-state index in [0.29, 0.717) is 5.56 Å². The van der Waals surface area contributed by atoms with Gasteiger partial charge in [-0.05, 0) is 19.8 Å². The summed E-state index contributed by atoms with van der Waals surface area (Å²) in [6.07, 6.45) is -0.277. The maximum Gasteiger partial charge on any atom is 0.490 e. The van der Waals surface area contributed by atoms with Crippen molar-refractivity contribution in [3.63, 3.8) is 0 Å². The van der Waals surface area contributed by atoms with Crippen molar-refractivity contribution in [3.05, 3.63) is 26.9 Å². The fourth-order valence-corrected chi connectivity index (χ4v) is 5.33. The van der Waals surface area contributed by atoms with Gasteiger partial charge in [-0.1, -0.05) is 26.1 Å². The van der Waals surface area contributed by atoms with Crippen molar-refractivity contribution in [1.29, 1.82) is 0 Å². The molecule has 18 heteroatoms. The zero-order chi connectivity index (χ0) is 23.5. The first-order chi connectivity index (χ1) is 13.4. The van der Waals surface area contributed by atoms with Gasteiger partial charge >= 0.3 is 29.2 Å². The number of aryl methyl sites for hydroxylation is 1. The molecule has 0 radical (unpaired) electrons. The van der Waals surface area contributed by atoms with E-state index < -0.39 is 48.1 Å². The van der Waals surface area contributed by atoms with E-state index in [1.165, 1.54) is 17.7 Å². The lowest BCUT2D eigenvalue weighted by Crippen LogP contribution is -2.34. The Hall–Kier alpha value is -0.530. The number of hydrogen-bond donors (Lipinski definition) is 5. The fourth-order valence-electron chi connectivity index (χ4n) is 2.10. The summed E-state index contributed by atoms with van der Waals surface area (Å²) >= 11 is 4.99. The molecule has 0 aliphatic rings. The second kappa shape index (κ2) is 10.4. The minimum Gasteiger partial charge on any atom is -0.352 e. The van der Waals surface area contributed by atoms with Crippen LogP contribution in [0.1, 0.15) is 32.6 Å². The van der Waals surface area contributed by atoms with Gasteiger partial charge in [0.2, 0.25) is 0 Å². The molecule has 1 rings (SSSR count). The van der Waals surface area contributed by atoms with Crippen molar-refractivity contribution in [1.82, 2.24) is 9.55 Å². The molecule has 1 aromatic rings. The molecule has 0 saturated heterocycles. The van der Waals surface area contributed by atoms with Crippen LogP contribution in [0.5, 0.6) is 0 Å². The molecule has 30 heavy (non-hydrogen) atoms. The van der Waals surface area contributed by atoms with E-state index in [1.54, 1.807) is 20.8 Å². The first-order valence-corrected chi connectivity index (χ1v) is 13.1. The fraction of sp³-hybridized carbons (Fsp3) is 0.667. The maximum absolute atomic E-state index is 12.2. The van der Waals surface area contributed by atoms with Crippen LogP contribution in [0.3, 0.4) is 0 Å². The van der Waals surface area contributed by atoms with E-state index in [4.69, 9.17) is 31.6 Å². The number of rotatable bonds is 11. The van der Waals surface area contributed by atoms with Crippen LogP contribution in [0.2, 0.25) is 0 Å². The molecule has 5 N–H and O–H groups in total. The van der Waals surface area contributed by atoms with Crippen molar-refractivity contribution in [2.45, 2.75) is 40.0 Å². The largest absolute Gasteiger partial charge is 0.490 e. The SMILES string of the molecule is Cc1cn([C@@H](O[C@H](C)COP(=O)(O)OP(=O)(O)OP(=O)(O)O)C(C)C)c(=O)[nH]c1=S. The summed E-state index contributed by atoms with van der Waals surface area (Å²) in [5.74, 6) is -0.236. The quantitative estimate of drug-likeness (QED) is 0.213. The third kappa shape index (κ3) is 9.31. The molecule has 0 amide bonds. The van der Waals surface area contributed by atoms with Crippen molar-refractivity contribution >= 4 is 35.7 Å². The summed E-state index contributed by atoms with van der Waals surface area (Å²) in [5.41, 5.74) is 0.0733. The number of nitrogens with zero attached hydrogens (tertiary/aromatic N) is 1. The molecule has 0 aliphatic carbocycles. The van der Waals surface area contributed by atoms with Gasteiger partial charge in [0.15, 0.2) is 0 Å². The van der Waals surface area contributed by atoms with Gasteiger partial charge in [-0.2, -0.15) is 8.62 Å². The Kier molecular flexibility index (Phi) is 9.53. The highest BCUT2D eigenvalue weighted by atomic mass is 32.1. The smallest absolute Gasteiger partial charge is 0.352 e. The highest BCUT2D eigenvalue weighted by Crippen LogP contribution is 2.66. The number of H-pyrrole nitrogens is 1. The zero-order valence-corrected chi connectivity index (χ0v) is 19.8. The Balaban J connectivity index is 2.85. The van der Waals surface area contributed by atoms with Crippen molar-refractivity contribution in [2.24, 2.45) is 5.92 Å². The number of hydrogen-bond acceptors (Lipinski definition) is 9. The van der Waals surface area contributed by atoms with Gasteiger partial charge in [-0.25, -0.2) is 18.5 Å². The minimum absolute atomic E-state index is 0.236. The Morgan fingerprint density at radius 1 is 1.10 bits per heavy atom. The minimum atomic E-state index is -5.60. The van der Waals surface area contributed by atoms with Gasteiger partial charge in [-0.15, -0.1) is 0 Å². The summed E-state index contributed by atoms with van der Waals surface area (Å²) in [6.45, 7) is 5.96. The van der Waals surface area contributed by atoms with Gasteiger partial charge in [0.1, 0.15) is 10.9 Å². The van der Waals surface area contributed by atoms with Crippen LogP contribution in [0.15, 0.2) is 11.0 Å². The molecule has 14 nitrogen and oxygen atoms in total. The predicted molar refractivity (Wildman–Crippen MR) is 105 cm³/mol. The third-order valence-electron chi connectivity index (χ3n) is 3.25. The normalized spacial score (nSPS) is 18.6.